The van der Waals surface area contributed by atoms with Gasteiger partial charge >= 0.3 is 0 Å². The van der Waals surface area contributed by atoms with Crippen LogP contribution in [-0.4, -0.2) is 33.1 Å². The van der Waals surface area contributed by atoms with E-state index in [0.29, 0.717) is 24.1 Å². The molecule has 2 aromatic heterocycles. The Morgan fingerprint density at radius 3 is 3.05 bits per heavy atom. The van der Waals surface area contributed by atoms with E-state index in [1.807, 2.05) is 23.0 Å². The van der Waals surface area contributed by atoms with Gasteiger partial charge in [0.15, 0.2) is 0 Å². The Balaban J connectivity index is 1.46. The van der Waals surface area contributed by atoms with Gasteiger partial charge in [-0.25, -0.2) is 0 Å². The lowest BCUT2D eigenvalue weighted by Gasteiger charge is -2.10. The fourth-order valence-corrected chi connectivity index (χ4v) is 1.96. The van der Waals surface area contributed by atoms with Gasteiger partial charge in [-0.1, -0.05) is 5.21 Å². The Labute approximate surface area is 123 Å². The summed E-state index contributed by atoms with van der Waals surface area (Å²) >= 11 is 0. The molecule has 3 rings (SSSR count). The molecule has 1 aliphatic carbocycles. The van der Waals surface area contributed by atoms with Crippen LogP contribution in [0.3, 0.4) is 0 Å². The zero-order chi connectivity index (χ0) is 14.5. The first-order valence-electron chi connectivity index (χ1n) is 7.28. The molecule has 1 aliphatic rings. The van der Waals surface area contributed by atoms with E-state index in [1.165, 1.54) is 12.8 Å². The molecular formula is C14H20N6O. The molecule has 3 N–H and O–H groups in total. The number of pyridine rings is 1. The highest BCUT2D eigenvalue weighted by Gasteiger charge is 2.22. The monoisotopic (exact) mass is 288 g/mol. The highest BCUT2D eigenvalue weighted by atomic mass is 16.5. The van der Waals surface area contributed by atoms with E-state index in [1.54, 1.807) is 6.20 Å². The molecule has 0 aromatic carbocycles. The van der Waals surface area contributed by atoms with Crippen molar-refractivity contribution in [2.75, 3.05) is 24.2 Å². The summed E-state index contributed by atoms with van der Waals surface area (Å²) < 4.78 is 7.48. The number of ether oxygens (including phenoxy) is 1. The number of nitrogens with zero attached hydrogens (tertiary/aromatic N) is 4. The number of nitrogens with two attached hydrogens (primary N) is 1. The third-order valence-electron chi connectivity index (χ3n) is 3.38. The predicted molar refractivity (Wildman–Crippen MR) is 80.0 cm³/mol. The average molecular weight is 288 g/mol. The Morgan fingerprint density at radius 2 is 2.29 bits per heavy atom. The number of aromatic nitrogens is 4. The highest BCUT2D eigenvalue weighted by Crippen LogP contribution is 2.30. The Kier molecular flexibility index (Phi) is 4.18. The molecule has 7 nitrogen and oxygen atoms in total. The molecule has 0 saturated heterocycles. The lowest BCUT2D eigenvalue weighted by Crippen LogP contribution is -2.10. The average Bonchev–Trinajstić information content (AvgIpc) is 3.18. The van der Waals surface area contributed by atoms with Crippen molar-refractivity contribution in [1.82, 2.24) is 20.0 Å². The van der Waals surface area contributed by atoms with E-state index in [2.05, 4.69) is 20.6 Å². The van der Waals surface area contributed by atoms with E-state index >= 15 is 0 Å². The number of nitrogens with one attached hydrogen (secondary N) is 1. The van der Waals surface area contributed by atoms with Crippen molar-refractivity contribution >= 4 is 11.5 Å². The van der Waals surface area contributed by atoms with Crippen molar-refractivity contribution in [3.05, 3.63) is 24.5 Å². The summed E-state index contributed by atoms with van der Waals surface area (Å²) in [7, 11) is 0. The van der Waals surface area contributed by atoms with E-state index in [-0.39, 0.29) is 0 Å². The first-order chi connectivity index (χ1) is 10.3. The van der Waals surface area contributed by atoms with Gasteiger partial charge in [-0.2, -0.15) is 4.98 Å². The third kappa shape index (κ3) is 4.08. The normalized spacial score (nSPS) is 14.1. The zero-order valence-electron chi connectivity index (χ0n) is 11.9. The lowest BCUT2D eigenvalue weighted by molar-refractivity contribution is 0.290. The molecule has 1 saturated carbocycles. The fraction of sp³-hybridized carbons (Fsp3) is 0.500. The highest BCUT2D eigenvalue weighted by molar-refractivity contribution is 5.53. The predicted octanol–water partition coefficient (Wildman–Crippen LogP) is 1.55. The lowest BCUT2D eigenvalue weighted by atomic mass is 10.3. The van der Waals surface area contributed by atoms with Crippen LogP contribution in [0.5, 0.6) is 5.88 Å². The van der Waals surface area contributed by atoms with Gasteiger partial charge < -0.3 is 15.8 Å². The largest absolute Gasteiger partial charge is 0.476 e. The minimum Gasteiger partial charge on any atom is -0.476 e. The van der Waals surface area contributed by atoms with E-state index in [9.17, 15) is 0 Å². The fourth-order valence-electron chi connectivity index (χ4n) is 1.96. The summed E-state index contributed by atoms with van der Waals surface area (Å²) in [4.78, 5) is 4.41. The van der Waals surface area contributed by atoms with Crippen LogP contribution in [0.4, 0.5) is 11.5 Å². The molecule has 2 aromatic rings. The third-order valence-corrected chi connectivity index (χ3v) is 3.38. The second kappa shape index (κ2) is 6.43. The maximum atomic E-state index is 5.88. The molecule has 0 bridgehead atoms. The van der Waals surface area contributed by atoms with Gasteiger partial charge in [0.25, 0.3) is 0 Å². The number of hydrogen-bond donors (Lipinski definition) is 2. The molecule has 0 spiro atoms. The first-order valence-corrected chi connectivity index (χ1v) is 7.28. The van der Waals surface area contributed by atoms with Crippen molar-refractivity contribution in [3.63, 3.8) is 0 Å². The minimum absolute atomic E-state index is 0.531. The minimum atomic E-state index is 0.531. The molecule has 0 atom stereocenters. The van der Waals surface area contributed by atoms with Crippen LogP contribution in [0.1, 0.15) is 19.3 Å². The molecule has 112 valence electrons. The SMILES string of the molecule is Nc1ccc(NCCCn2ccnn2)nc1OCC1CC1. The van der Waals surface area contributed by atoms with Crippen molar-refractivity contribution in [2.45, 2.75) is 25.8 Å². The van der Waals surface area contributed by atoms with Crippen LogP contribution < -0.4 is 15.8 Å². The van der Waals surface area contributed by atoms with Crippen LogP contribution in [0.2, 0.25) is 0 Å². The maximum Gasteiger partial charge on any atom is 0.239 e. The first kappa shape index (κ1) is 13.7. The van der Waals surface area contributed by atoms with Gasteiger partial charge in [-0.15, -0.1) is 5.10 Å². The Hall–Kier alpha value is -2.31. The quantitative estimate of drug-likeness (QED) is 0.716. The maximum absolute atomic E-state index is 5.88. The van der Waals surface area contributed by atoms with Gasteiger partial charge in [0, 0.05) is 19.3 Å². The molecule has 21 heavy (non-hydrogen) atoms. The number of anilines is 2. The van der Waals surface area contributed by atoms with Gasteiger partial charge in [0.05, 0.1) is 18.5 Å². The summed E-state index contributed by atoms with van der Waals surface area (Å²) in [6, 6.07) is 3.70. The standard InChI is InChI=1S/C14H20N6O/c15-12-4-5-13(18-14(12)21-10-11-2-3-11)16-6-1-8-20-9-7-17-19-20/h4-5,7,9,11H,1-3,6,8,10,15H2,(H,16,18). The van der Waals surface area contributed by atoms with Gasteiger partial charge in [-0.3, -0.25) is 4.68 Å². The second-order valence-corrected chi connectivity index (χ2v) is 5.29. The van der Waals surface area contributed by atoms with Crippen LogP contribution in [0.25, 0.3) is 0 Å². The molecule has 0 radical (unpaired) electrons. The van der Waals surface area contributed by atoms with Crippen LogP contribution in [0, 0.1) is 5.92 Å². The summed E-state index contributed by atoms with van der Waals surface area (Å²) in [6.07, 6.45) is 6.97. The van der Waals surface area contributed by atoms with Crippen molar-refractivity contribution in [2.24, 2.45) is 5.92 Å². The molecule has 0 amide bonds. The smallest absolute Gasteiger partial charge is 0.239 e. The molecule has 0 unspecified atom stereocenters. The Morgan fingerprint density at radius 1 is 1.38 bits per heavy atom. The molecular weight excluding hydrogens is 268 g/mol. The molecule has 2 heterocycles. The van der Waals surface area contributed by atoms with Crippen molar-refractivity contribution in [1.29, 1.82) is 0 Å². The van der Waals surface area contributed by atoms with Gasteiger partial charge in [-0.05, 0) is 37.3 Å². The van der Waals surface area contributed by atoms with Gasteiger partial charge in [0.1, 0.15) is 5.82 Å². The Bertz CT molecular complexity index is 567. The van der Waals surface area contributed by atoms with Crippen LogP contribution in [-0.2, 0) is 6.54 Å². The summed E-state index contributed by atoms with van der Waals surface area (Å²) in [6.45, 7) is 2.35. The number of aryl methyl sites for hydroxylation is 1. The number of nitrogen functional groups attached to an aromatic ring is 1. The van der Waals surface area contributed by atoms with Crippen molar-refractivity contribution < 1.29 is 4.74 Å². The van der Waals surface area contributed by atoms with E-state index in [4.69, 9.17) is 10.5 Å². The number of rotatable bonds is 8. The van der Waals surface area contributed by atoms with E-state index < -0.39 is 0 Å². The van der Waals surface area contributed by atoms with Crippen molar-refractivity contribution in [3.8, 4) is 5.88 Å². The van der Waals surface area contributed by atoms with E-state index in [0.717, 1.165) is 25.3 Å². The summed E-state index contributed by atoms with van der Waals surface area (Å²) in [5, 5.41) is 11.0. The number of hydrogen-bond acceptors (Lipinski definition) is 6. The van der Waals surface area contributed by atoms with Crippen LogP contribution >= 0.6 is 0 Å². The topological polar surface area (TPSA) is 90.9 Å². The molecule has 0 aliphatic heterocycles. The second-order valence-electron chi connectivity index (χ2n) is 5.29. The summed E-state index contributed by atoms with van der Waals surface area (Å²) in [5.74, 6) is 2.00. The zero-order valence-corrected chi connectivity index (χ0v) is 11.9. The summed E-state index contributed by atoms with van der Waals surface area (Å²) in [5.41, 5.74) is 6.47. The molecule has 1 fully saturated rings. The van der Waals surface area contributed by atoms with Gasteiger partial charge in [0.2, 0.25) is 5.88 Å². The van der Waals surface area contributed by atoms with Crippen LogP contribution in [0.15, 0.2) is 24.5 Å². The molecule has 7 heteroatoms.